The van der Waals surface area contributed by atoms with Crippen molar-refractivity contribution in [1.82, 2.24) is 5.32 Å². The highest BCUT2D eigenvalue weighted by molar-refractivity contribution is 5.11. The van der Waals surface area contributed by atoms with Gasteiger partial charge in [-0.25, -0.2) is 0 Å². The maximum atomic E-state index is 5.72. The standard InChI is InChI=1S/C12H22N2O/c1-4-10-5-6-12(15-10)11(7-13)14-8-9(2)3/h5-6,9,11,14H,4,7-8,13H2,1-3H3. The molecule has 3 heteroatoms. The summed E-state index contributed by atoms with van der Waals surface area (Å²) in [5, 5.41) is 3.40. The minimum atomic E-state index is 0.146. The van der Waals surface area contributed by atoms with Gasteiger partial charge in [0.15, 0.2) is 0 Å². The Labute approximate surface area is 92.0 Å². The average molecular weight is 210 g/mol. The summed E-state index contributed by atoms with van der Waals surface area (Å²) < 4.78 is 5.68. The fourth-order valence-electron chi connectivity index (χ4n) is 1.45. The molecule has 0 spiro atoms. The van der Waals surface area contributed by atoms with E-state index in [4.69, 9.17) is 10.2 Å². The van der Waals surface area contributed by atoms with Crippen LogP contribution in [-0.4, -0.2) is 13.1 Å². The molecule has 0 aliphatic carbocycles. The van der Waals surface area contributed by atoms with E-state index in [0.29, 0.717) is 12.5 Å². The van der Waals surface area contributed by atoms with Gasteiger partial charge in [-0.3, -0.25) is 0 Å². The van der Waals surface area contributed by atoms with Crippen LogP contribution in [0.25, 0.3) is 0 Å². The predicted molar refractivity (Wildman–Crippen MR) is 62.7 cm³/mol. The number of nitrogens with one attached hydrogen (secondary N) is 1. The van der Waals surface area contributed by atoms with Gasteiger partial charge >= 0.3 is 0 Å². The summed E-state index contributed by atoms with van der Waals surface area (Å²) in [6.45, 7) is 7.98. The minimum Gasteiger partial charge on any atom is -0.464 e. The Bertz CT molecular complexity index is 281. The summed E-state index contributed by atoms with van der Waals surface area (Å²) in [5.41, 5.74) is 5.72. The van der Waals surface area contributed by atoms with E-state index in [1.807, 2.05) is 12.1 Å². The molecule has 15 heavy (non-hydrogen) atoms. The Morgan fingerprint density at radius 1 is 1.40 bits per heavy atom. The van der Waals surface area contributed by atoms with Crippen LogP contribution < -0.4 is 11.1 Å². The average Bonchev–Trinajstić information content (AvgIpc) is 2.67. The zero-order valence-corrected chi connectivity index (χ0v) is 9.92. The molecule has 0 fully saturated rings. The lowest BCUT2D eigenvalue weighted by Gasteiger charge is -2.15. The van der Waals surface area contributed by atoms with Crippen LogP contribution in [-0.2, 0) is 6.42 Å². The van der Waals surface area contributed by atoms with Gasteiger partial charge in [-0.05, 0) is 24.6 Å². The Morgan fingerprint density at radius 2 is 2.13 bits per heavy atom. The molecule has 86 valence electrons. The van der Waals surface area contributed by atoms with Crippen LogP contribution in [0, 0.1) is 5.92 Å². The van der Waals surface area contributed by atoms with Crippen LogP contribution in [0.2, 0.25) is 0 Å². The van der Waals surface area contributed by atoms with Crippen LogP contribution in [0.15, 0.2) is 16.5 Å². The fraction of sp³-hybridized carbons (Fsp3) is 0.667. The summed E-state index contributed by atoms with van der Waals surface area (Å²) in [7, 11) is 0. The van der Waals surface area contributed by atoms with Crippen molar-refractivity contribution < 1.29 is 4.42 Å². The van der Waals surface area contributed by atoms with Gasteiger partial charge in [0.25, 0.3) is 0 Å². The van der Waals surface area contributed by atoms with Crippen molar-refractivity contribution in [3.63, 3.8) is 0 Å². The monoisotopic (exact) mass is 210 g/mol. The number of nitrogens with two attached hydrogens (primary N) is 1. The second-order valence-corrected chi connectivity index (χ2v) is 4.25. The minimum absolute atomic E-state index is 0.146. The molecule has 0 aliphatic rings. The third-order valence-corrected chi connectivity index (χ3v) is 2.38. The maximum absolute atomic E-state index is 5.72. The van der Waals surface area contributed by atoms with Crippen LogP contribution in [0.4, 0.5) is 0 Å². The Hall–Kier alpha value is -0.800. The normalized spacial score (nSPS) is 13.4. The molecule has 0 aliphatic heterocycles. The van der Waals surface area contributed by atoms with Crippen molar-refractivity contribution in [2.45, 2.75) is 33.2 Å². The quantitative estimate of drug-likeness (QED) is 0.756. The van der Waals surface area contributed by atoms with E-state index >= 15 is 0 Å². The van der Waals surface area contributed by atoms with E-state index in [1.54, 1.807) is 0 Å². The number of furan rings is 1. The third kappa shape index (κ3) is 3.68. The summed E-state index contributed by atoms with van der Waals surface area (Å²) in [4.78, 5) is 0. The predicted octanol–water partition coefficient (Wildman–Crippen LogP) is 2.09. The molecule has 1 aromatic heterocycles. The molecular formula is C12H22N2O. The molecule has 1 aromatic rings. The molecule has 0 bridgehead atoms. The van der Waals surface area contributed by atoms with Crippen molar-refractivity contribution in [1.29, 1.82) is 0 Å². The molecule has 0 saturated carbocycles. The molecule has 1 unspecified atom stereocenters. The molecule has 0 aromatic carbocycles. The van der Waals surface area contributed by atoms with Gasteiger partial charge in [0.2, 0.25) is 0 Å². The smallest absolute Gasteiger partial charge is 0.122 e. The molecule has 3 N–H and O–H groups in total. The van der Waals surface area contributed by atoms with E-state index < -0.39 is 0 Å². The second-order valence-electron chi connectivity index (χ2n) is 4.25. The van der Waals surface area contributed by atoms with Crippen molar-refractivity contribution >= 4 is 0 Å². The van der Waals surface area contributed by atoms with E-state index in [2.05, 4.69) is 26.1 Å². The van der Waals surface area contributed by atoms with Gasteiger partial charge in [-0.15, -0.1) is 0 Å². The topological polar surface area (TPSA) is 51.2 Å². The summed E-state index contributed by atoms with van der Waals surface area (Å²) in [5.74, 6) is 2.60. The van der Waals surface area contributed by atoms with Crippen LogP contribution in [0.1, 0.15) is 38.3 Å². The Morgan fingerprint density at radius 3 is 2.60 bits per heavy atom. The fourth-order valence-corrected chi connectivity index (χ4v) is 1.45. The van der Waals surface area contributed by atoms with E-state index in [1.165, 1.54) is 0 Å². The van der Waals surface area contributed by atoms with Gasteiger partial charge in [-0.2, -0.15) is 0 Å². The third-order valence-electron chi connectivity index (χ3n) is 2.38. The molecule has 1 rings (SSSR count). The zero-order valence-electron chi connectivity index (χ0n) is 9.92. The van der Waals surface area contributed by atoms with E-state index in [-0.39, 0.29) is 6.04 Å². The van der Waals surface area contributed by atoms with Crippen LogP contribution in [0.3, 0.4) is 0 Å². The number of aryl methyl sites for hydroxylation is 1. The first-order chi connectivity index (χ1) is 7.17. The van der Waals surface area contributed by atoms with Gasteiger partial charge in [-0.1, -0.05) is 20.8 Å². The SMILES string of the molecule is CCc1ccc(C(CN)NCC(C)C)o1. The molecular weight excluding hydrogens is 188 g/mol. The lowest BCUT2D eigenvalue weighted by atomic mass is 10.2. The zero-order chi connectivity index (χ0) is 11.3. The lowest BCUT2D eigenvalue weighted by Crippen LogP contribution is -2.30. The van der Waals surface area contributed by atoms with Crippen molar-refractivity contribution in [3.05, 3.63) is 23.7 Å². The van der Waals surface area contributed by atoms with E-state index in [9.17, 15) is 0 Å². The Balaban J connectivity index is 2.57. The lowest BCUT2D eigenvalue weighted by molar-refractivity contribution is 0.384. The largest absolute Gasteiger partial charge is 0.464 e. The van der Waals surface area contributed by atoms with Gasteiger partial charge < -0.3 is 15.5 Å². The molecule has 0 radical (unpaired) electrons. The molecule has 0 amide bonds. The molecule has 1 heterocycles. The van der Waals surface area contributed by atoms with Crippen LogP contribution in [0.5, 0.6) is 0 Å². The first-order valence-electron chi connectivity index (χ1n) is 5.69. The van der Waals surface area contributed by atoms with Gasteiger partial charge in [0.1, 0.15) is 11.5 Å². The summed E-state index contributed by atoms with van der Waals surface area (Å²) in [6.07, 6.45) is 0.932. The Kier molecular flexibility index (Phi) is 4.85. The number of hydrogen-bond donors (Lipinski definition) is 2. The summed E-state index contributed by atoms with van der Waals surface area (Å²) >= 11 is 0. The highest BCUT2D eigenvalue weighted by Gasteiger charge is 2.13. The molecule has 3 nitrogen and oxygen atoms in total. The molecule has 0 saturated heterocycles. The maximum Gasteiger partial charge on any atom is 0.122 e. The van der Waals surface area contributed by atoms with Crippen molar-refractivity contribution in [3.8, 4) is 0 Å². The van der Waals surface area contributed by atoms with Gasteiger partial charge in [0, 0.05) is 13.0 Å². The second kappa shape index (κ2) is 5.93. The first-order valence-corrected chi connectivity index (χ1v) is 5.69. The van der Waals surface area contributed by atoms with E-state index in [0.717, 1.165) is 24.5 Å². The van der Waals surface area contributed by atoms with Crippen molar-refractivity contribution in [2.24, 2.45) is 11.7 Å². The number of rotatable bonds is 6. The first kappa shape index (κ1) is 12.3. The highest BCUT2D eigenvalue weighted by Crippen LogP contribution is 2.16. The molecule has 1 atom stereocenters. The van der Waals surface area contributed by atoms with Gasteiger partial charge in [0.05, 0.1) is 6.04 Å². The van der Waals surface area contributed by atoms with Crippen LogP contribution >= 0.6 is 0 Å². The van der Waals surface area contributed by atoms with Crippen molar-refractivity contribution in [2.75, 3.05) is 13.1 Å². The summed E-state index contributed by atoms with van der Waals surface area (Å²) in [6, 6.07) is 4.19. The highest BCUT2D eigenvalue weighted by atomic mass is 16.3. The number of hydrogen-bond acceptors (Lipinski definition) is 3.